The van der Waals surface area contributed by atoms with Gasteiger partial charge in [-0.15, -0.1) is 0 Å². The van der Waals surface area contributed by atoms with Crippen LogP contribution in [-0.4, -0.2) is 46.5 Å². The molecular weight excluding hydrogens is 463 g/mol. The van der Waals surface area contributed by atoms with Crippen LogP contribution in [0.3, 0.4) is 0 Å². The van der Waals surface area contributed by atoms with Crippen molar-refractivity contribution >= 4 is 29.1 Å². The number of carbonyl (C=O) groups is 3. The molecule has 5 atom stereocenters. The molecular formula is C27H27FN4O4. The highest BCUT2D eigenvalue weighted by Crippen LogP contribution is 2.56. The standard InChI is InChI=1S/C27H27FN4O4/c28-18-10-4-5-11-19(18)31-24(33)21-20-12-13-27(36-20)22(21)26(35)32(17-9-6-14-29-15-17)23(27)25(34)30-16-7-2-1-3-8-16/h4-6,9-16,20-23H,1-3,7-8H2,(H,30,34)(H,31,33)/t20-,21+,22-,23+,27-/m0/s1. The van der Waals surface area contributed by atoms with Gasteiger partial charge in [0, 0.05) is 12.2 Å². The average molecular weight is 491 g/mol. The molecule has 4 heterocycles. The number of nitrogens with zero attached hydrogens (tertiary/aromatic N) is 2. The van der Waals surface area contributed by atoms with Gasteiger partial charge in [0.05, 0.1) is 35.5 Å². The van der Waals surface area contributed by atoms with Gasteiger partial charge in [0.1, 0.15) is 17.5 Å². The molecule has 0 radical (unpaired) electrons. The highest BCUT2D eigenvalue weighted by molar-refractivity contribution is 6.11. The first-order valence-corrected chi connectivity index (χ1v) is 12.5. The summed E-state index contributed by atoms with van der Waals surface area (Å²) in [5, 5.41) is 5.77. The van der Waals surface area contributed by atoms with Crippen molar-refractivity contribution in [3.8, 4) is 0 Å². The lowest BCUT2D eigenvalue weighted by Gasteiger charge is -2.34. The van der Waals surface area contributed by atoms with E-state index in [1.807, 2.05) is 0 Å². The van der Waals surface area contributed by atoms with E-state index >= 15 is 0 Å². The van der Waals surface area contributed by atoms with Crippen LogP contribution in [0.15, 0.2) is 60.9 Å². The molecule has 3 fully saturated rings. The summed E-state index contributed by atoms with van der Waals surface area (Å²) >= 11 is 0. The van der Waals surface area contributed by atoms with Gasteiger partial charge in [0.15, 0.2) is 0 Å². The van der Waals surface area contributed by atoms with E-state index in [1.54, 1.807) is 36.5 Å². The van der Waals surface area contributed by atoms with Crippen molar-refractivity contribution in [2.75, 3.05) is 10.2 Å². The van der Waals surface area contributed by atoms with Gasteiger partial charge < -0.3 is 15.4 Å². The molecule has 6 rings (SSSR count). The second-order valence-electron chi connectivity index (χ2n) is 9.93. The van der Waals surface area contributed by atoms with Crippen LogP contribution in [-0.2, 0) is 19.1 Å². The fourth-order valence-electron chi connectivity index (χ4n) is 6.25. The molecule has 186 valence electrons. The van der Waals surface area contributed by atoms with Gasteiger partial charge in [-0.2, -0.15) is 0 Å². The average Bonchev–Trinajstić information content (AvgIpc) is 3.54. The number of para-hydroxylation sites is 1. The molecule has 9 heteroatoms. The summed E-state index contributed by atoms with van der Waals surface area (Å²) in [6, 6.07) is 8.33. The first kappa shape index (κ1) is 22.8. The molecule has 8 nitrogen and oxygen atoms in total. The smallest absolute Gasteiger partial charge is 0.246 e. The summed E-state index contributed by atoms with van der Waals surface area (Å²) in [6.45, 7) is 0. The number of fused-ring (bicyclic) bond motifs is 1. The number of hydrogen-bond donors (Lipinski definition) is 2. The molecule has 1 aromatic carbocycles. The molecule has 1 saturated carbocycles. The van der Waals surface area contributed by atoms with Crippen molar-refractivity contribution in [3.63, 3.8) is 0 Å². The first-order chi connectivity index (χ1) is 17.5. The number of hydrogen-bond acceptors (Lipinski definition) is 5. The van der Waals surface area contributed by atoms with Crippen LogP contribution in [0.25, 0.3) is 0 Å². The van der Waals surface area contributed by atoms with Crippen molar-refractivity contribution in [3.05, 3.63) is 66.8 Å². The Morgan fingerprint density at radius 3 is 2.64 bits per heavy atom. The van der Waals surface area contributed by atoms with Gasteiger partial charge in [0.25, 0.3) is 0 Å². The van der Waals surface area contributed by atoms with E-state index in [-0.39, 0.29) is 23.5 Å². The number of aromatic nitrogens is 1. The maximum atomic E-state index is 14.2. The van der Waals surface area contributed by atoms with Crippen LogP contribution in [0.1, 0.15) is 32.1 Å². The first-order valence-electron chi connectivity index (χ1n) is 12.5. The van der Waals surface area contributed by atoms with Gasteiger partial charge in [-0.25, -0.2) is 4.39 Å². The number of benzene rings is 1. The molecule has 1 aliphatic carbocycles. The minimum Gasteiger partial charge on any atom is -0.359 e. The van der Waals surface area contributed by atoms with Crippen LogP contribution in [0, 0.1) is 17.7 Å². The SMILES string of the molecule is O=C(Nc1ccccc1F)[C@@H]1[C@@H]2C=C[C@]3(O2)[C@@H]1C(=O)N(c1cccnc1)[C@@H]3C(=O)NC1CCCCC1. The zero-order valence-corrected chi connectivity index (χ0v) is 19.6. The topological polar surface area (TPSA) is 101 Å². The lowest BCUT2D eigenvalue weighted by atomic mass is 9.74. The van der Waals surface area contributed by atoms with Crippen molar-refractivity contribution in [1.29, 1.82) is 0 Å². The quantitative estimate of drug-likeness (QED) is 0.628. The van der Waals surface area contributed by atoms with E-state index < -0.39 is 41.3 Å². The second-order valence-corrected chi connectivity index (χ2v) is 9.93. The number of rotatable bonds is 5. The number of nitrogens with one attached hydrogen (secondary N) is 2. The Kier molecular flexibility index (Phi) is 5.59. The lowest BCUT2D eigenvalue weighted by Crippen LogP contribution is -2.56. The van der Waals surface area contributed by atoms with Crippen molar-refractivity contribution < 1.29 is 23.5 Å². The normalized spacial score (nSPS) is 30.9. The van der Waals surface area contributed by atoms with Crippen LogP contribution in [0.5, 0.6) is 0 Å². The van der Waals surface area contributed by atoms with E-state index in [9.17, 15) is 18.8 Å². The van der Waals surface area contributed by atoms with Gasteiger partial charge >= 0.3 is 0 Å². The van der Waals surface area contributed by atoms with Crippen molar-refractivity contribution in [2.24, 2.45) is 11.8 Å². The number of pyridine rings is 1. The molecule has 3 aliphatic heterocycles. The summed E-state index contributed by atoms with van der Waals surface area (Å²) in [7, 11) is 0. The summed E-state index contributed by atoms with van der Waals surface area (Å²) in [5.41, 5.74) is -0.804. The van der Waals surface area contributed by atoms with Crippen molar-refractivity contribution in [1.82, 2.24) is 10.3 Å². The molecule has 2 N–H and O–H groups in total. The Morgan fingerprint density at radius 2 is 1.89 bits per heavy atom. The fraction of sp³-hybridized carbons (Fsp3) is 0.407. The third-order valence-electron chi connectivity index (χ3n) is 7.83. The number of amides is 3. The Labute approximate surface area is 207 Å². The highest BCUT2D eigenvalue weighted by Gasteiger charge is 2.73. The van der Waals surface area contributed by atoms with E-state index in [1.165, 1.54) is 29.3 Å². The Balaban J connectivity index is 1.36. The van der Waals surface area contributed by atoms with Crippen LogP contribution >= 0.6 is 0 Å². The molecule has 2 bridgehead atoms. The minimum atomic E-state index is -1.30. The fourth-order valence-corrected chi connectivity index (χ4v) is 6.25. The van der Waals surface area contributed by atoms with Crippen LogP contribution < -0.4 is 15.5 Å². The van der Waals surface area contributed by atoms with E-state index in [0.29, 0.717) is 5.69 Å². The predicted octanol–water partition coefficient (Wildman–Crippen LogP) is 2.96. The van der Waals surface area contributed by atoms with E-state index in [0.717, 1.165) is 32.1 Å². The number of halogens is 1. The van der Waals surface area contributed by atoms with Crippen LogP contribution in [0.2, 0.25) is 0 Å². The number of anilines is 2. The molecule has 2 saturated heterocycles. The van der Waals surface area contributed by atoms with Gasteiger partial charge in [-0.3, -0.25) is 24.3 Å². The summed E-state index contributed by atoms with van der Waals surface area (Å²) < 4.78 is 20.6. The molecule has 4 aliphatic rings. The maximum Gasteiger partial charge on any atom is 0.246 e. The zero-order chi connectivity index (χ0) is 24.9. The molecule has 2 aromatic rings. The predicted molar refractivity (Wildman–Crippen MR) is 129 cm³/mol. The van der Waals surface area contributed by atoms with Gasteiger partial charge in [0.2, 0.25) is 17.7 Å². The largest absolute Gasteiger partial charge is 0.359 e. The summed E-state index contributed by atoms with van der Waals surface area (Å²) in [6.07, 6.45) is 11.0. The molecule has 0 unspecified atom stereocenters. The third-order valence-corrected chi connectivity index (χ3v) is 7.83. The Morgan fingerprint density at radius 1 is 1.08 bits per heavy atom. The van der Waals surface area contributed by atoms with Crippen LogP contribution in [0.4, 0.5) is 15.8 Å². The van der Waals surface area contributed by atoms with E-state index in [4.69, 9.17) is 4.74 Å². The zero-order valence-electron chi connectivity index (χ0n) is 19.6. The number of ether oxygens (including phenoxy) is 1. The molecule has 3 amide bonds. The Bertz CT molecular complexity index is 1230. The second kappa shape index (κ2) is 8.81. The third kappa shape index (κ3) is 3.52. The Hall–Kier alpha value is -3.59. The lowest BCUT2D eigenvalue weighted by molar-refractivity contribution is -0.129. The molecule has 1 aromatic heterocycles. The molecule has 1 spiro atoms. The van der Waals surface area contributed by atoms with Gasteiger partial charge in [-0.1, -0.05) is 43.5 Å². The highest BCUT2D eigenvalue weighted by atomic mass is 19.1. The molecule has 36 heavy (non-hydrogen) atoms. The maximum absolute atomic E-state index is 14.2. The van der Waals surface area contributed by atoms with Crippen molar-refractivity contribution in [2.45, 2.75) is 55.9 Å². The summed E-state index contributed by atoms with van der Waals surface area (Å²) in [5.74, 6) is -3.61. The minimum absolute atomic E-state index is 0.0319. The van der Waals surface area contributed by atoms with E-state index in [2.05, 4.69) is 15.6 Å². The summed E-state index contributed by atoms with van der Waals surface area (Å²) in [4.78, 5) is 46.7. The monoisotopic (exact) mass is 490 g/mol. The van der Waals surface area contributed by atoms with Gasteiger partial charge in [-0.05, 0) is 37.1 Å². The number of carbonyl (C=O) groups excluding carboxylic acids is 3.